The number of sulfone groups is 1. The van der Waals surface area contributed by atoms with Crippen LogP contribution in [-0.4, -0.2) is 35.2 Å². The molecule has 10 heteroatoms. The number of nitrogens with one attached hydrogen (secondary N) is 1. The van der Waals surface area contributed by atoms with Crippen molar-refractivity contribution in [1.29, 1.82) is 0 Å². The molecule has 2 aromatic rings. The lowest BCUT2D eigenvalue weighted by Gasteiger charge is -2.15. The number of halogens is 2. The molecule has 0 atom stereocenters. The van der Waals surface area contributed by atoms with Crippen LogP contribution in [0.1, 0.15) is 19.7 Å². The molecule has 0 saturated carbocycles. The molecule has 24 heavy (non-hydrogen) atoms. The molecule has 0 aliphatic carbocycles. The van der Waals surface area contributed by atoms with Gasteiger partial charge in [0.15, 0.2) is 26.4 Å². The summed E-state index contributed by atoms with van der Waals surface area (Å²) >= 11 is 0. The molecule has 0 spiro atoms. The van der Waals surface area contributed by atoms with Gasteiger partial charge < -0.3 is 10.1 Å². The first-order chi connectivity index (χ1) is 11.2. The predicted octanol–water partition coefficient (Wildman–Crippen LogP) is 2.71. The summed E-state index contributed by atoms with van der Waals surface area (Å²) in [4.78, 5) is 11.7. The van der Waals surface area contributed by atoms with Crippen molar-refractivity contribution in [3.8, 4) is 5.75 Å². The van der Waals surface area contributed by atoms with Crippen LogP contribution in [0.15, 0.2) is 29.6 Å². The summed E-state index contributed by atoms with van der Waals surface area (Å²) in [6.07, 6.45) is 2.42. The molecule has 2 heterocycles. The number of anilines is 2. The Morgan fingerprint density at radius 2 is 1.96 bits per heavy atom. The molecule has 7 nitrogen and oxygen atoms in total. The standard InChI is InChI=1S/C14H16F2N4O3S/c1-8(2)24(21,22)13-10(5-4-6-17-13)20-12-11(23-14(15)16)7-18-9(3)19-12/h4-8,14H,1-3H3,(H,18,19,20). The molecule has 2 aromatic heterocycles. The van der Waals surface area contributed by atoms with E-state index in [-0.39, 0.29) is 22.3 Å². The Morgan fingerprint density at radius 3 is 2.58 bits per heavy atom. The third-order valence-electron chi connectivity index (χ3n) is 3.01. The molecule has 0 aromatic carbocycles. The van der Waals surface area contributed by atoms with Gasteiger partial charge in [-0.05, 0) is 32.9 Å². The van der Waals surface area contributed by atoms with Gasteiger partial charge in [0.1, 0.15) is 5.82 Å². The maximum atomic E-state index is 12.5. The molecule has 0 aliphatic rings. The van der Waals surface area contributed by atoms with Crippen LogP contribution in [0.3, 0.4) is 0 Å². The number of pyridine rings is 1. The molecule has 0 bridgehead atoms. The second-order valence-corrected chi connectivity index (χ2v) is 7.50. The Bertz CT molecular complexity index is 829. The van der Waals surface area contributed by atoms with Crippen molar-refractivity contribution >= 4 is 21.3 Å². The number of alkyl halides is 2. The van der Waals surface area contributed by atoms with Crippen molar-refractivity contribution in [1.82, 2.24) is 15.0 Å². The minimum absolute atomic E-state index is 0.0731. The number of aryl methyl sites for hydroxylation is 1. The van der Waals surface area contributed by atoms with E-state index >= 15 is 0 Å². The van der Waals surface area contributed by atoms with Crippen LogP contribution in [0.5, 0.6) is 5.75 Å². The van der Waals surface area contributed by atoms with E-state index in [1.807, 2.05) is 0 Å². The van der Waals surface area contributed by atoms with E-state index in [1.165, 1.54) is 32.2 Å². The Labute approximate surface area is 138 Å². The maximum absolute atomic E-state index is 12.5. The minimum Gasteiger partial charge on any atom is -0.429 e. The molecular weight excluding hydrogens is 342 g/mol. The van der Waals surface area contributed by atoms with E-state index in [4.69, 9.17) is 0 Å². The molecule has 2 rings (SSSR count). The first kappa shape index (κ1) is 18.0. The van der Waals surface area contributed by atoms with Gasteiger partial charge in [0, 0.05) is 6.20 Å². The van der Waals surface area contributed by atoms with Gasteiger partial charge in [-0.25, -0.2) is 23.4 Å². The minimum atomic E-state index is -3.68. The van der Waals surface area contributed by atoms with Crippen LogP contribution in [0, 0.1) is 6.92 Å². The second kappa shape index (κ2) is 7.04. The fourth-order valence-electron chi connectivity index (χ4n) is 1.79. The largest absolute Gasteiger partial charge is 0.429 e. The van der Waals surface area contributed by atoms with Gasteiger partial charge in [0.05, 0.1) is 17.1 Å². The van der Waals surface area contributed by atoms with Gasteiger partial charge in [-0.3, -0.25) is 0 Å². The topological polar surface area (TPSA) is 94.1 Å². The summed E-state index contributed by atoms with van der Waals surface area (Å²) < 4.78 is 54.1. The smallest absolute Gasteiger partial charge is 0.387 e. The lowest BCUT2D eigenvalue weighted by molar-refractivity contribution is -0.0498. The van der Waals surface area contributed by atoms with Crippen LogP contribution in [-0.2, 0) is 9.84 Å². The lowest BCUT2D eigenvalue weighted by Crippen LogP contribution is -2.17. The molecule has 0 unspecified atom stereocenters. The number of hydrogen-bond acceptors (Lipinski definition) is 7. The molecule has 0 radical (unpaired) electrons. The fraction of sp³-hybridized carbons (Fsp3) is 0.357. The lowest BCUT2D eigenvalue weighted by atomic mass is 10.4. The molecule has 0 aliphatic heterocycles. The van der Waals surface area contributed by atoms with E-state index in [9.17, 15) is 17.2 Å². The highest BCUT2D eigenvalue weighted by atomic mass is 32.2. The molecule has 0 amide bonds. The van der Waals surface area contributed by atoms with E-state index < -0.39 is 21.7 Å². The monoisotopic (exact) mass is 358 g/mol. The van der Waals surface area contributed by atoms with Gasteiger partial charge in [0.25, 0.3) is 0 Å². The highest BCUT2D eigenvalue weighted by Gasteiger charge is 2.25. The van der Waals surface area contributed by atoms with Crippen LogP contribution in [0.4, 0.5) is 20.3 Å². The Balaban J connectivity index is 2.48. The molecule has 1 N–H and O–H groups in total. The Hall–Kier alpha value is -2.36. The number of nitrogens with zero attached hydrogens (tertiary/aromatic N) is 3. The zero-order valence-corrected chi connectivity index (χ0v) is 14.0. The molecular formula is C14H16F2N4O3S. The first-order valence-corrected chi connectivity index (χ1v) is 8.51. The first-order valence-electron chi connectivity index (χ1n) is 6.96. The highest BCUT2D eigenvalue weighted by Crippen LogP contribution is 2.30. The number of rotatable bonds is 6. The van der Waals surface area contributed by atoms with Crippen molar-refractivity contribution in [2.75, 3.05) is 5.32 Å². The van der Waals surface area contributed by atoms with Crippen LogP contribution < -0.4 is 10.1 Å². The highest BCUT2D eigenvalue weighted by molar-refractivity contribution is 7.92. The van der Waals surface area contributed by atoms with E-state index in [0.717, 1.165) is 6.20 Å². The van der Waals surface area contributed by atoms with Gasteiger partial charge in [-0.1, -0.05) is 0 Å². The summed E-state index contributed by atoms with van der Waals surface area (Å²) in [6, 6.07) is 2.98. The van der Waals surface area contributed by atoms with Crippen molar-refractivity contribution in [3.63, 3.8) is 0 Å². The normalized spacial score (nSPS) is 11.8. The van der Waals surface area contributed by atoms with Crippen LogP contribution in [0.2, 0.25) is 0 Å². The van der Waals surface area contributed by atoms with Gasteiger partial charge >= 0.3 is 6.61 Å². The van der Waals surface area contributed by atoms with Crippen molar-refractivity contribution in [2.24, 2.45) is 0 Å². The summed E-state index contributed by atoms with van der Waals surface area (Å²) in [7, 11) is -3.68. The van der Waals surface area contributed by atoms with Gasteiger partial charge in [-0.2, -0.15) is 8.78 Å². The second-order valence-electron chi connectivity index (χ2n) is 5.08. The zero-order chi connectivity index (χ0) is 17.9. The number of hydrogen-bond donors (Lipinski definition) is 1. The number of ether oxygens (including phenoxy) is 1. The average molecular weight is 358 g/mol. The SMILES string of the molecule is Cc1ncc(OC(F)F)c(Nc2cccnc2S(=O)(=O)C(C)C)n1. The van der Waals surface area contributed by atoms with Gasteiger partial charge in [-0.15, -0.1) is 0 Å². The summed E-state index contributed by atoms with van der Waals surface area (Å²) in [5.41, 5.74) is 0.114. The molecule has 0 saturated heterocycles. The summed E-state index contributed by atoms with van der Waals surface area (Å²) in [5, 5.41) is 1.80. The molecule has 0 fully saturated rings. The van der Waals surface area contributed by atoms with Crippen LogP contribution in [0.25, 0.3) is 0 Å². The van der Waals surface area contributed by atoms with Crippen molar-refractivity contribution in [3.05, 3.63) is 30.4 Å². The van der Waals surface area contributed by atoms with E-state index in [1.54, 1.807) is 6.92 Å². The quantitative estimate of drug-likeness (QED) is 0.848. The number of aromatic nitrogens is 3. The van der Waals surface area contributed by atoms with Crippen molar-refractivity contribution in [2.45, 2.75) is 37.7 Å². The molecule has 130 valence electrons. The zero-order valence-electron chi connectivity index (χ0n) is 13.2. The summed E-state index contributed by atoms with van der Waals surface area (Å²) in [5.74, 6) is -0.0698. The fourth-order valence-corrected chi connectivity index (χ4v) is 2.87. The Kier molecular flexibility index (Phi) is 5.27. The Morgan fingerprint density at radius 1 is 1.25 bits per heavy atom. The third-order valence-corrected chi connectivity index (χ3v) is 5.11. The third kappa shape index (κ3) is 3.94. The van der Waals surface area contributed by atoms with Gasteiger partial charge in [0.2, 0.25) is 0 Å². The van der Waals surface area contributed by atoms with Crippen molar-refractivity contribution < 1.29 is 21.9 Å². The average Bonchev–Trinajstić information content (AvgIpc) is 2.50. The maximum Gasteiger partial charge on any atom is 0.387 e. The van der Waals surface area contributed by atoms with E-state index in [2.05, 4.69) is 25.0 Å². The van der Waals surface area contributed by atoms with Crippen LogP contribution >= 0.6 is 0 Å². The predicted molar refractivity (Wildman–Crippen MR) is 83.2 cm³/mol. The summed E-state index contributed by atoms with van der Waals surface area (Å²) in [6.45, 7) is 1.54. The van der Waals surface area contributed by atoms with E-state index in [0.29, 0.717) is 5.82 Å².